The van der Waals surface area contributed by atoms with E-state index in [9.17, 15) is 14.7 Å². The minimum Gasteiger partial charge on any atom is -0.479 e. The quantitative estimate of drug-likeness (QED) is 0.828. The normalized spacial score (nSPS) is 12.0. The van der Waals surface area contributed by atoms with E-state index in [1.165, 1.54) is 17.8 Å². The maximum atomic E-state index is 12.1. The average molecular weight is 319 g/mol. The van der Waals surface area contributed by atoms with Crippen LogP contribution in [0.1, 0.15) is 33.3 Å². The number of thioether (sulfide) groups is 1. The van der Waals surface area contributed by atoms with Gasteiger partial charge < -0.3 is 14.8 Å². The van der Waals surface area contributed by atoms with Crippen LogP contribution in [0, 0.1) is 13.8 Å². The lowest BCUT2D eigenvalue weighted by molar-refractivity contribution is -0.139. The van der Waals surface area contributed by atoms with E-state index in [0.717, 1.165) is 11.1 Å². The van der Waals surface area contributed by atoms with Crippen LogP contribution in [0.4, 0.5) is 0 Å². The highest BCUT2D eigenvalue weighted by Crippen LogP contribution is 2.21. The smallest absolute Gasteiger partial charge is 0.330 e. The van der Waals surface area contributed by atoms with Crippen molar-refractivity contribution in [2.24, 2.45) is 0 Å². The van der Waals surface area contributed by atoms with Crippen molar-refractivity contribution in [3.05, 3.63) is 52.8 Å². The number of hydrogen-bond donors (Lipinski definition) is 2. The second kappa shape index (κ2) is 6.70. The molecule has 1 aromatic heterocycles. The number of amides is 1. The SMILES string of the molecule is CSc1ccc(C(=O)NC(C(=O)O)c2ccc(C)c(C)c2)o1. The second-order valence-corrected chi connectivity index (χ2v) is 5.72. The molecule has 2 N–H and O–H groups in total. The topological polar surface area (TPSA) is 79.5 Å². The zero-order valence-corrected chi connectivity index (χ0v) is 13.4. The van der Waals surface area contributed by atoms with E-state index < -0.39 is 17.9 Å². The van der Waals surface area contributed by atoms with Crippen molar-refractivity contribution in [3.8, 4) is 0 Å². The number of furan rings is 1. The third-order valence-corrected chi connectivity index (χ3v) is 4.01. The first-order valence-corrected chi connectivity index (χ1v) is 7.89. The molecule has 5 nitrogen and oxygen atoms in total. The third-order valence-electron chi connectivity index (χ3n) is 3.39. The molecule has 0 bridgehead atoms. The lowest BCUT2D eigenvalue weighted by Gasteiger charge is -2.15. The van der Waals surface area contributed by atoms with E-state index >= 15 is 0 Å². The van der Waals surface area contributed by atoms with Crippen molar-refractivity contribution in [2.45, 2.75) is 25.0 Å². The van der Waals surface area contributed by atoms with E-state index in [1.807, 2.05) is 26.2 Å². The van der Waals surface area contributed by atoms with Gasteiger partial charge in [0, 0.05) is 0 Å². The molecule has 0 aliphatic carbocycles. The fourth-order valence-electron chi connectivity index (χ4n) is 1.99. The lowest BCUT2D eigenvalue weighted by atomic mass is 10.0. The molecule has 0 radical (unpaired) electrons. The van der Waals surface area contributed by atoms with Crippen LogP contribution < -0.4 is 5.32 Å². The molecule has 1 atom stereocenters. The Bertz CT molecular complexity index is 708. The number of carboxylic acid groups (broad SMARTS) is 1. The Kier molecular flexibility index (Phi) is 4.92. The Morgan fingerprint density at radius 2 is 1.91 bits per heavy atom. The van der Waals surface area contributed by atoms with Crippen molar-refractivity contribution in [2.75, 3.05) is 6.26 Å². The fraction of sp³-hybridized carbons (Fsp3) is 0.250. The molecule has 116 valence electrons. The standard InChI is InChI=1S/C16H17NO4S/c1-9-4-5-11(8-10(9)2)14(16(19)20)17-15(18)12-6-7-13(21-12)22-3/h4-8,14H,1-3H3,(H,17,18)(H,19,20). The lowest BCUT2D eigenvalue weighted by Crippen LogP contribution is -2.33. The van der Waals surface area contributed by atoms with Crippen LogP contribution in [-0.2, 0) is 4.79 Å². The molecule has 2 aromatic rings. The second-order valence-electron chi connectivity index (χ2n) is 4.91. The number of benzene rings is 1. The predicted octanol–water partition coefficient (Wildman–Crippen LogP) is 3.17. The van der Waals surface area contributed by atoms with Gasteiger partial charge in [0.05, 0.1) is 0 Å². The van der Waals surface area contributed by atoms with Gasteiger partial charge in [0.25, 0.3) is 5.91 Å². The number of hydrogen-bond acceptors (Lipinski definition) is 4. The highest BCUT2D eigenvalue weighted by atomic mass is 32.2. The molecule has 6 heteroatoms. The summed E-state index contributed by atoms with van der Waals surface area (Å²) >= 11 is 1.37. The summed E-state index contributed by atoms with van der Waals surface area (Å²) in [5, 5.41) is 12.5. The van der Waals surface area contributed by atoms with Crippen molar-refractivity contribution in [3.63, 3.8) is 0 Å². The monoisotopic (exact) mass is 319 g/mol. The summed E-state index contributed by atoms with van der Waals surface area (Å²) in [5.41, 5.74) is 2.57. The van der Waals surface area contributed by atoms with Gasteiger partial charge in [-0.3, -0.25) is 4.79 Å². The maximum Gasteiger partial charge on any atom is 0.330 e. The number of carbonyl (C=O) groups excluding carboxylic acids is 1. The van der Waals surface area contributed by atoms with Crippen molar-refractivity contribution >= 4 is 23.6 Å². The van der Waals surface area contributed by atoms with Gasteiger partial charge in [-0.05, 0) is 48.9 Å². The molecule has 1 heterocycles. The number of carboxylic acids is 1. The predicted molar refractivity (Wildman–Crippen MR) is 84.2 cm³/mol. The number of aliphatic carboxylic acids is 1. The zero-order valence-electron chi connectivity index (χ0n) is 12.5. The summed E-state index contributed by atoms with van der Waals surface area (Å²) in [4.78, 5) is 23.6. The Balaban J connectivity index is 2.23. The Morgan fingerprint density at radius 1 is 1.18 bits per heavy atom. The molecule has 0 aliphatic rings. The van der Waals surface area contributed by atoms with Gasteiger partial charge in [0.15, 0.2) is 16.9 Å². The number of aryl methyl sites for hydroxylation is 2. The maximum absolute atomic E-state index is 12.1. The fourth-order valence-corrected chi connectivity index (χ4v) is 2.36. The van der Waals surface area contributed by atoms with Crippen molar-refractivity contribution < 1.29 is 19.1 Å². The molecule has 0 saturated carbocycles. The third kappa shape index (κ3) is 3.51. The summed E-state index contributed by atoms with van der Waals surface area (Å²) in [6.07, 6.45) is 1.83. The van der Waals surface area contributed by atoms with E-state index in [-0.39, 0.29) is 5.76 Å². The number of nitrogens with one attached hydrogen (secondary N) is 1. The zero-order chi connectivity index (χ0) is 16.3. The van der Waals surface area contributed by atoms with Crippen molar-refractivity contribution in [1.82, 2.24) is 5.32 Å². The van der Waals surface area contributed by atoms with Crippen LogP contribution in [0.3, 0.4) is 0 Å². The molecule has 1 unspecified atom stereocenters. The molecule has 2 rings (SSSR count). The summed E-state index contributed by atoms with van der Waals surface area (Å²) in [7, 11) is 0. The first kappa shape index (κ1) is 16.2. The van der Waals surface area contributed by atoms with Gasteiger partial charge >= 0.3 is 5.97 Å². The highest BCUT2D eigenvalue weighted by Gasteiger charge is 2.24. The molecule has 0 aliphatic heterocycles. The van der Waals surface area contributed by atoms with E-state index in [0.29, 0.717) is 10.7 Å². The van der Waals surface area contributed by atoms with Gasteiger partial charge in [-0.1, -0.05) is 30.0 Å². The number of rotatable bonds is 5. The van der Waals surface area contributed by atoms with Gasteiger partial charge in [0.2, 0.25) is 0 Å². The van der Waals surface area contributed by atoms with E-state index in [4.69, 9.17) is 4.42 Å². The Morgan fingerprint density at radius 3 is 2.45 bits per heavy atom. The molecular formula is C16H17NO4S. The highest BCUT2D eigenvalue weighted by molar-refractivity contribution is 7.98. The summed E-state index contributed by atoms with van der Waals surface area (Å²) < 4.78 is 5.31. The van der Waals surface area contributed by atoms with Crippen LogP contribution in [0.5, 0.6) is 0 Å². The van der Waals surface area contributed by atoms with Crippen LogP contribution in [0.15, 0.2) is 39.8 Å². The van der Waals surface area contributed by atoms with Crippen molar-refractivity contribution in [1.29, 1.82) is 0 Å². The van der Waals surface area contributed by atoms with Crippen LogP contribution >= 0.6 is 11.8 Å². The molecule has 1 aromatic carbocycles. The number of carbonyl (C=O) groups is 2. The first-order chi connectivity index (χ1) is 10.4. The molecular weight excluding hydrogens is 302 g/mol. The van der Waals surface area contributed by atoms with Gasteiger partial charge in [0.1, 0.15) is 0 Å². The average Bonchev–Trinajstić information content (AvgIpc) is 2.96. The summed E-state index contributed by atoms with van der Waals surface area (Å²) in [5.74, 6) is -1.57. The van der Waals surface area contributed by atoms with Gasteiger partial charge in [-0.15, -0.1) is 0 Å². The summed E-state index contributed by atoms with van der Waals surface area (Å²) in [6.45, 7) is 3.84. The van der Waals surface area contributed by atoms with E-state index in [2.05, 4.69) is 5.32 Å². The molecule has 0 spiro atoms. The largest absolute Gasteiger partial charge is 0.479 e. The summed E-state index contributed by atoms with van der Waals surface area (Å²) in [6, 6.07) is 7.40. The molecule has 0 saturated heterocycles. The Hall–Kier alpha value is -2.21. The minimum atomic E-state index is -1.12. The van der Waals surface area contributed by atoms with Crippen LogP contribution in [0.2, 0.25) is 0 Å². The Labute approximate surface area is 132 Å². The van der Waals surface area contributed by atoms with E-state index in [1.54, 1.807) is 18.2 Å². The van der Waals surface area contributed by atoms with Crippen LogP contribution in [-0.4, -0.2) is 23.2 Å². The molecule has 22 heavy (non-hydrogen) atoms. The van der Waals surface area contributed by atoms with Gasteiger partial charge in [-0.2, -0.15) is 0 Å². The first-order valence-electron chi connectivity index (χ1n) is 6.67. The minimum absolute atomic E-state index is 0.0967. The molecule has 0 fully saturated rings. The molecule has 1 amide bonds. The van der Waals surface area contributed by atoms with Gasteiger partial charge in [-0.25, -0.2) is 4.79 Å². The van der Waals surface area contributed by atoms with Crippen LogP contribution in [0.25, 0.3) is 0 Å².